The van der Waals surface area contributed by atoms with Crippen LogP contribution in [0.15, 0.2) is 67.4 Å². The molecule has 0 unspecified atom stereocenters. The lowest BCUT2D eigenvalue weighted by Crippen LogP contribution is -1.97. The molecule has 2 aromatic carbocycles. The third-order valence-electron chi connectivity index (χ3n) is 3.35. The molecule has 0 aliphatic rings. The maximum Gasteiger partial charge on any atom is 0.183 e. The number of rotatable bonds is 5. The summed E-state index contributed by atoms with van der Waals surface area (Å²) in [6, 6.07) is 18.5. The fourth-order valence-corrected chi connectivity index (χ4v) is 3.07. The fraction of sp³-hybridized carbons (Fsp3) is 0.0556. The number of halogens is 1. The number of thiazole rings is 1. The average molecular weight is 327 g/mol. The summed E-state index contributed by atoms with van der Waals surface area (Å²) in [7, 11) is 0. The molecule has 0 spiro atoms. The predicted octanol–water partition coefficient (Wildman–Crippen LogP) is 5.47. The molecule has 0 saturated carbocycles. The zero-order chi connectivity index (χ0) is 15.4. The molecule has 3 aromatic rings. The molecule has 0 fully saturated rings. The van der Waals surface area contributed by atoms with Crippen molar-refractivity contribution < 1.29 is 0 Å². The maximum atomic E-state index is 5.83. The van der Waals surface area contributed by atoms with Crippen molar-refractivity contribution in [3.05, 3.63) is 87.8 Å². The lowest BCUT2D eigenvalue weighted by molar-refractivity contribution is 1.17. The van der Waals surface area contributed by atoms with Crippen molar-refractivity contribution in [1.29, 1.82) is 0 Å². The SMILES string of the molecule is C=C(c1ccccc1)c1ccc(NCc2cnc(Cl)s2)cc1. The molecule has 1 N–H and O–H groups in total. The second-order valence-electron chi connectivity index (χ2n) is 4.86. The molecular weight excluding hydrogens is 312 g/mol. The van der Waals surface area contributed by atoms with Crippen molar-refractivity contribution in [1.82, 2.24) is 4.98 Å². The van der Waals surface area contributed by atoms with Crippen molar-refractivity contribution in [2.75, 3.05) is 5.32 Å². The van der Waals surface area contributed by atoms with E-state index in [0.717, 1.165) is 33.8 Å². The standard InChI is InChI=1S/C18H15ClN2S/c1-13(14-5-3-2-4-6-14)15-7-9-16(10-8-15)20-11-17-12-21-18(19)22-17/h2-10,12,20H,1,11H2. The lowest BCUT2D eigenvalue weighted by atomic mass is 9.99. The van der Waals surface area contributed by atoms with E-state index in [2.05, 4.69) is 53.3 Å². The van der Waals surface area contributed by atoms with Crippen molar-refractivity contribution in [2.24, 2.45) is 0 Å². The predicted molar refractivity (Wildman–Crippen MR) is 95.5 cm³/mol. The Kier molecular flexibility index (Phi) is 4.56. The van der Waals surface area contributed by atoms with Crippen LogP contribution in [0.2, 0.25) is 4.47 Å². The van der Waals surface area contributed by atoms with E-state index in [9.17, 15) is 0 Å². The zero-order valence-corrected chi connectivity index (χ0v) is 13.5. The molecule has 110 valence electrons. The highest BCUT2D eigenvalue weighted by molar-refractivity contribution is 7.15. The van der Waals surface area contributed by atoms with E-state index >= 15 is 0 Å². The minimum absolute atomic E-state index is 0.575. The van der Waals surface area contributed by atoms with E-state index in [-0.39, 0.29) is 0 Å². The van der Waals surface area contributed by atoms with Gasteiger partial charge in [-0.3, -0.25) is 0 Å². The molecule has 4 heteroatoms. The first-order valence-electron chi connectivity index (χ1n) is 6.91. The van der Waals surface area contributed by atoms with Gasteiger partial charge in [0.2, 0.25) is 0 Å². The van der Waals surface area contributed by atoms with Gasteiger partial charge in [-0.05, 0) is 28.8 Å². The fourth-order valence-electron chi connectivity index (χ4n) is 2.15. The molecule has 0 radical (unpaired) electrons. The molecule has 1 aromatic heterocycles. The zero-order valence-electron chi connectivity index (χ0n) is 11.9. The van der Waals surface area contributed by atoms with Crippen LogP contribution in [-0.2, 0) is 6.54 Å². The minimum Gasteiger partial charge on any atom is -0.380 e. The maximum absolute atomic E-state index is 5.83. The molecule has 3 rings (SSSR count). The lowest BCUT2D eigenvalue weighted by Gasteiger charge is -2.09. The summed E-state index contributed by atoms with van der Waals surface area (Å²) in [4.78, 5) is 5.15. The number of aromatic nitrogens is 1. The Morgan fingerprint density at radius 1 is 1.05 bits per heavy atom. The van der Waals surface area contributed by atoms with E-state index in [1.54, 1.807) is 6.20 Å². The molecule has 2 nitrogen and oxygen atoms in total. The van der Waals surface area contributed by atoms with Gasteiger partial charge in [-0.15, -0.1) is 11.3 Å². The Labute approximate surface area is 139 Å². The van der Waals surface area contributed by atoms with Crippen LogP contribution in [-0.4, -0.2) is 4.98 Å². The van der Waals surface area contributed by atoms with Gasteiger partial charge < -0.3 is 5.32 Å². The first kappa shape index (κ1) is 14.8. The van der Waals surface area contributed by atoms with E-state index in [0.29, 0.717) is 4.47 Å². The third-order valence-corrected chi connectivity index (χ3v) is 4.46. The highest BCUT2D eigenvalue weighted by Gasteiger charge is 2.03. The topological polar surface area (TPSA) is 24.9 Å². The van der Waals surface area contributed by atoms with E-state index in [1.807, 2.05) is 18.2 Å². The van der Waals surface area contributed by atoms with Crippen LogP contribution in [0.5, 0.6) is 0 Å². The second-order valence-corrected chi connectivity index (χ2v) is 6.55. The molecule has 1 heterocycles. The van der Waals surface area contributed by atoms with Crippen LogP contribution >= 0.6 is 22.9 Å². The molecule has 22 heavy (non-hydrogen) atoms. The van der Waals surface area contributed by atoms with Crippen molar-refractivity contribution >= 4 is 34.2 Å². The van der Waals surface area contributed by atoms with Gasteiger partial charge in [-0.25, -0.2) is 4.98 Å². The van der Waals surface area contributed by atoms with Gasteiger partial charge in [0.1, 0.15) is 0 Å². The molecule has 0 atom stereocenters. The second kappa shape index (κ2) is 6.77. The number of nitrogens with one attached hydrogen (secondary N) is 1. The summed E-state index contributed by atoms with van der Waals surface area (Å²) in [5.74, 6) is 0. The van der Waals surface area contributed by atoms with Gasteiger partial charge in [-0.2, -0.15) is 0 Å². The third kappa shape index (κ3) is 3.56. The Balaban J connectivity index is 1.66. The van der Waals surface area contributed by atoms with Gasteiger partial charge in [0.25, 0.3) is 0 Å². The summed E-state index contributed by atoms with van der Waals surface area (Å²) in [5, 5.41) is 3.36. The van der Waals surface area contributed by atoms with Crippen molar-refractivity contribution in [2.45, 2.75) is 6.54 Å². The Bertz CT molecular complexity index is 763. The van der Waals surface area contributed by atoms with Crippen LogP contribution in [0.4, 0.5) is 5.69 Å². The monoisotopic (exact) mass is 326 g/mol. The molecular formula is C18H15ClN2S. The summed E-state index contributed by atoms with van der Waals surface area (Å²) < 4.78 is 0.575. The largest absolute Gasteiger partial charge is 0.380 e. The quantitative estimate of drug-likeness (QED) is 0.672. The number of benzene rings is 2. The Hall–Kier alpha value is -2.10. The Morgan fingerprint density at radius 3 is 2.36 bits per heavy atom. The van der Waals surface area contributed by atoms with E-state index in [1.165, 1.54) is 11.3 Å². The van der Waals surface area contributed by atoms with Crippen LogP contribution in [0.1, 0.15) is 16.0 Å². The van der Waals surface area contributed by atoms with Crippen LogP contribution < -0.4 is 5.32 Å². The molecule has 0 amide bonds. The van der Waals surface area contributed by atoms with Crippen molar-refractivity contribution in [3.63, 3.8) is 0 Å². The summed E-state index contributed by atoms with van der Waals surface area (Å²) in [6.45, 7) is 4.91. The number of nitrogens with zero attached hydrogens (tertiary/aromatic N) is 1. The highest BCUT2D eigenvalue weighted by atomic mass is 35.5. The van der Waals surface area contributed by atoms with Crippen molar-refractivity contribution in [3.8, 4) is 0 Å². The molecule has 0 aliphatic carbocycles. The van der Waals surface area contributed by atoms with E-state index in [4.69, 9.17) is 11.6 Å². The minimum atomic E-state index is 0.575. The van der Waals surface area contributed by atoms with Crippen LogP contribution in [0.3, 0.4) is 0 Å². The smallest absolute Gasteiger partial charge is 0.183 e. The van der Waals surface area contributed by atoms with Gasteiger partial charge in [0.15, 0.2) is 4.47 Å². The summed E-state index contributed by atoms with van der Waals surface area (Å²) in [6.07, 6.45) is 1.80. The normalized spacial score (nSPS) is 10.4. The molecule has 0 bridgehead atoms. The number of hydrogen-bond donors (Lipinski definition) is 1. The average Bonchev–Trinajstić information content (AvgIpc) is 2.99. The highest BCUT2D eigenvalue weighted by Crippen LogP contribution is 2.23. The van der Waals surface area contributed by atoms with Gasteiger partial charge in [-0.1, -0.05) is 60.6 Å². The van der Waals surface area contributed by atoms with Crippen LogP contribution in [0, 0.1) is 0 Å². The van der Waals surface area contributed by atoms with Gasteiger partial charge in [0.05, 0.1) is 6.54 Å². The molecule has 0 aliphatic heterocycles. The number of anilines is 1. The molecule has 0 saturated heterocycles. The van der Waals surface area contributed by atoms with Crippen LogP contribution in [0.25, 0.3) is 5.57 Å². The first-order chi connectivity index (χ1) is 10.7. The summed E-state index contributed by atoms with van der Waals surface area (Å²) in [5.41, 5.74) is 4.36. The first-order valence-corrected chi connectivity index (χ1v) is 8.10. The van der Waals surface area contributed by atoms with Gasteiger partial charge in [0, 0.05) is 16.8 Å². The summed E-state index contributed by atoms with van der Waals surface area (Å²) >= 11 is 7.32. The van der Waals surface area contributed by atoms with E-state index < -0.39 is 0 Å². The van der Waals surface area contributed by atoms with Gasteiger partial charge >= 0.3 is 0 Å². The Morgan fingerprint density at radius 2 is 1.73 bits per heavy atom. The number of hydrogen-bond acceptors (Lipinski definition) is 3.